The Morgan fingerprint density at radius 2 is 1.82 bits per heavy atom. The molecule has 1 aliphatic heterocycles. The van der Waals surface area contributed by atoms with Crippen molar-refractivity contribution < 1.29 is 23.8 Å². The summed E-state index contributed by atoms with van der Waals surface area (Å²) in [6, 6.07) is 15.5. The number of nitrogens with zero attached hydrogens (tertiary/aromatic N) is 2. The van der Waals surface area contributed by atoms with Crippen molar-refractivity contribution in [1.82, 2.24) is 10.2 Å². The fourth-order valence-corrected chi connectivity index (χ4v) is 3.58. The molecule has 1 aliphatic rings. The largest absolute Gasteiger partial charge is 0.436 e. The fourth-order valence-electron chi connectivity index (χ4n) is 3.26. The van der Waals surface area contributed by atoms with Crippen molar-refractivity contribution in [2.75, 3.05) is 32.9 Å². The first kappa shape index (κ1) is 25.8. The van der Waals surface area contributed by atoms with E-state index < -0.39 is 24.1 Å². The third-order valence-electron chi connectivity index (χ3n) is 5.08. The summed E-state index contributed by atoms with van der Waals surface area (Å²) in [5.74, 6) is -0.609. The monoisotopic (exact) mass is 505 g/mol. The molecule has 1 fully saturated rings. The third-order valence-corrected chi connectivity index (χ3v) is 5.82. The third kappa shape index (κ3) is 7.89. The Morgan fingerprint density at radius 3 is 2.50 bits per heavy atom. The van der Waals surface area contributed by atoms with Gasteiger partial charge in [-0.3, -0.25) is 4.79 Å². The van der Waals surface area contributed by atoms with Crippen molar-refractivity contribution in [3.05, 3.63) is 69.7 Å². The van der Waals surface area contributed by atoms with Crippen LogP contribution >= 0.6 is 23.2 Å². The number of rotatable bonds is 9. The predicted octanol–water partition coefficient (Wildman–Crippen LogP) is 3.60. The first-order valence-corrected chi connectivity index (χ1v) is 11.5. The van der Waals surface area contributed by atoms with Gasteiger partial charge < -0.3 is 24.4 Å². The molecule has 8 nitrogen and oxygen atoms in total. The number of nitrogens with one attached hydrogen (secondary N) is 1. The van der Waals surface area contributed by atoms with Crippen LogP contribution in [0.5, 0.6) is 0 Å². The molecule has 1 saturated heterocycles. The zero-order valence-corrected chi connectivity index (χ0v) is 19.9. The zero-order valence-electron chi connectivity index (χ0n) is 18.4. The van der Waals surface area contributed by atoms with Crippen molar-refractivity contribution in [1.29, 1.82) is 5.26 Å². The number of carbonyl (C=O) groups excluding carboxylic acids is 2. The SMILES string of the molecule is N#C[C@H](COCc1ccccc1)NC(=O)[C@H](Cc1ccc(Cl)c(Cl)c1)OC(=O)N1CCOCC1. The molecule has 34 heavy (non-hydrogen) atoms. The van der Waals surface area contributed by atoms with Crippen molar-refractivity contribution in [2.24, 2.45) is 0 Å². The summed E-state index contributed by atoms with van der Waals surface area (Å²) in [6.45, 7) is 1.81. The van der Waals surface area contributed by atoms with Crippen molar-refractivity contribution in [3.63, 3.8) is 0 Å². The summed E-state index contributed by atoms with van der Waals surface area (Å²) in [7, 11) is 0. The number of benzene rings is 2. The molecule has 10 heteroatoms. The molecule has 1 N–H and O–H groups in total. The second-order valence-corrected chi connectivity index (χ2v) is 8.43. The van der Waals surface area contributed by atoms with E-state index in [1.54, 1.807) is 18.2 Å². The lowest BCUT2D eigenvalue weighted by atomic mass is 10.1. The Labute approximate surface area is 208 Å². The average molecular weight is 506 g/mol. The van der Waals surface area contributed by atoms with Crippen LogP contribution in [0.1, 0.15) is 11.1 Å². The number of halogens is 2. The summed E-state index contributed by atoms with van der Waals surface area (Å²) >= 11 is 12.1. The lowest BCUT2D eigenvalue weighted by molar-refractivity contribution is -0.131. The molecule has 1 heterocycles. The van der Waals surface area contributed by atoms with Crippen molar-refractivity contribution in [3.8, 4) is 6.07 Å². The smallest absolute Gasteiger partial charge is 0.410 e. The second kappa shape index (κ2) is 13.2. The number of carbonyl (C=O) groups is 2. The first-order chi connectivity index (χ1) is 16.5. The molecular formula is C24H25Cl2N3O5. The molecule has 0 radical (unpaired) electrons. The fraction of sp³-hybridized carbons (Fsp3) is 0.375. The van der Waals surface area contributed by atoms with Crippen LogP contribution in [-0.4, -0.2) is 62.0 Å². The first-order valence-electron chi connectivity index (χ1n) is 10.7. The molecule has 0 aromatic heterocycles. The highest BCUT2D eigenvalue weighted by Crippen LogP contribution is 2.23. The Balaban J connectivity index is 1.64. The predicted molar refractivity (Wildman–Crippen MR) is 126 cm³/mol. The zero-order chi connectivity index (χ0) is 24.3. The minimum absolute atomic E-state index is 0.0198. The van der Waals surface area contributed by atoms with Crippen molar-refractivity contribution in [2.45, 2.75) is 25.2 Å². The van der Waals surface area contributed by atoms with E-state index in [0.29, 0.717) is 48.5 Å². The van der Waals surface area contributed by atoms with Gasteiger partial charge in [-0.25, -0.2) is 4.79 Å². The van der Waals surface area contributed by atoms with E-state index in [2.05, 4.69) is 5.32 Å². The molecule has 0 spiro atoms. The molecule has 0 aliphatic carbocycles. The van der Waals surface area contributed by atoms with Gasteiger partial charge in [0.15, 0.2) is 6.10 Å². The standard InChI is InChI=1S/C24H25Cl2N3O5/c25-20-7-6-18(12-21(20)26)13-22(34-24(31)29-8-10-32-11-9-29)23(30)28-19(14-27)16-33-15-17-4-2-1-3-5-17/h1-7,12,19,22H,8-11,13,15-16H2,(H,28,30)/t19-,22+/m1/s1. The molecule has 2 amide bonds. The van der Waals surface area contributed by atoms with Crippen molar-refractivity contribution >= 4 is 35.2 Å². The second-order valence-electron chi connectivity index (χ2n) is 7.62. The van der Waals surface area contributed by atoms with Gasteiger partial charge in [-0.05, 0) is 23.3 Å². The Bertz CT molecular complexity index is 1010. The number of hydrogen-bond donors (Lipinski definition) is 1. The van der Waals surface area contributed by atoms with Gasteiger partial charge in [-0.2, -0.15) is 5.26 Å². The lowest BCUT2D eigenvalue weighted by Gasteiger charge is -2.28. The lowest BCUT2D eigenvalue weighted by Crippen LogP contribution is -2.48. The van der Waals surface area contributed by atoms with Crippen LogP contribution in [0.2, 0.25) is 10.0 Å². The summed E-state index contributed by atoms with van der Waals surface area (Å²) in [6.07, 6.45) is -1.75. The Morgan fingerprint density at radius 1 is 1.09 bits per heavy atom. The van der Waals surface area contributed by atoms with Crippen LogP contribution in [-0.2, 0) is 32.0 Å². The van der Waals surface area contributed by atoms with Gasteiger partial charge in [0.2, 0.25) is 0 Å². The molecule has 2 aromatic rings. The maximum absolute atomic E-state index is 13.0. The van der Waals surface area contributed by atoms with Gasteiger partial charge >= 0.3 is 6.09 Å². The summed E-state index contributed by atoms with van der Waals surface area (Å²) in [5.41, 5.74) is 1.60. The van der Waals surface area contributed by atoms with Gasteiger partial charge in [0.25, 0.3) is 5.91 Å². The van der Waals surface area contributed by atoms with Crippen LogP contribution in [0.25, 0.3) is 0 Å². The topological polar surface area (TPSA) is 101 Å². The number of ether oxygens (including phenoxy) is 3. The van der Waals surface area contributed by atoms with Gasteiger partial charge in [0.05, 0.1) is 42.5 Å². The summed E-state index contributed by atoms with van der Waals surface area (Å²) < 4.78 is 16.4. The van der Waals surface area contributed by atoms with E-state index in [-0.39, 0.29) is 13.0 Å². The Hall–Kier alpha value is -2.83. The number of morpholine rings is 1. The molecule has 2 aromatic carbocycles. The van der Waals surface area contributed by atoms with Crippen LogP contribution < -0.4 is 5.32 Å². The number of nitriles is 1. The van der Waals surface area contributed by atoms with E-state index in [4.69, 9.17) is 37.4 Å². The quantitative estimate of drug-likeness (QED) is 0.558. The normalized spacial score (nSPS) is 15.1. The minimum atomic E-state index is -1.18. The van der Waals surface area contributed by atoms with Gasteiger partial charge in [-0.1, -0.05) is 59.6 Å². The van der Waals surface area contributed by atoms with E-state index >= 15 is 0 Å². The summed E-state index contributed by atoms with van der Waals surface area (Å²) in [4.78, 5) is 27.1. The van der Waals surface area contributed by atoms with Crippen LogP contribution in [0.4, 0.5) is 4.79 Å². The molecule has 2 atom stereocenters. The highest BCUT2D eigenvalue weighted by Gasteiger charge is 2.29. The van der Waals surface area contributed by atoms with E-state index in [1.165, 1.54) is 4.90 Å². The molecule has 180 valence electrons. The average Bonchev–Trinajstić information content (AvgIpc) is 2.86. The molecule has 3 rings (SSSR count). The number of amides is 2. The summed E-state index contributed by atoms with van der Waals surface area (Å²) in [5, 5.41) is 12.8. The highest BCUT2D eigenvalue weighted by molar-refractivity contribution is 6.42. The van der Waals surface area contributed by atoms with Gasteiger partial charge in [0, 0.05) is 19.5 Å². The molecule has 0 saturated carbocycles. The van der Waals surface area contributed by atoms with E-state index in [0.717, 1.165) is 5.56 Å². The maximum atomic E-state index is 13.0. The minimum Gasteiger partial charge on any atom is -0.436 e. The van der Waals surface area contributed by atoms with Crippen LogP contribution in [0.3, 0.4) is 0 Å². The molecule has 0 unspecified atom stereocenters. The van der Waals surface area contributed by atoms with Crippen LogP contribution in [0.15, 0.2) is 48.5 Å². The van der Waals surface area contributed by atoms with E-state index in [1.807, 2.05) is 36.4 Å². The Kier molecular flexibility index (Phi) is 9.98. The van der Waals surface area contributed by atoms with Crippen LogP contribution in [0, 0.1) is 11.3 Å². The van der Waals surface area contributed by atoms with E-state index in [9.17, 15) is 14.9 Å². The van der Waals surface area contributed by atoms with Gasteiger partial charge in [-0.15, -0.1) is 0 Å². The molecular weight excluding hydrogens is 481 g/mol. The number of hydrogen-bond acceptors (Lipinski definition) is 6. The highest BCUT2D eigenvalue weighted by atomic mass is 35.5. The van der Waals surface area contributed by atoms with Gasteiger partial charge in [0.1, 0.15) is 6.04 Å². The maximum Gasteiger partial charge on any atom is 0.410 e. The molecule has 0 bridgehead atoms.